The van der Waals surface area contributed by atoms with Gasteiger partial charge in [0.1, 0.15) is 0 Å². The van der Waals surface area contributed by atoms with Gasteiger partial charge in [-0.3, -0.25) is 9.78 Å². The normalized spacial score (nSPS) is 23.5. The maximum Gasteiger partial charge on any atom is 0.339 e. The molecular weight excluding hydrogens is 364 g/mol. The van der Waals surface area contributed by atoms with E-state index in [1.165, 1.54) is 25.7 Å². The van der Waals surface area contributed by atoms with E-state index in [2.05, 4.69) is 0 Å². The average Bonchev–Trinajstić information content (AvgIpc) is 3.23. The molecule has 1 aromatic heterocycles. The third kappa shape index (κ3) is 3.52. The van der Waals surface area contributed by atoms with Crippen LogP contribution in [-0.2, 0) is 22.4 Å². The quantitative estimate of drug-likeness (QED) is 0.743. The molecule has 3 aliphatic rings. The van der Waals surface area contributed by atoms with Crippen LogP contribution in [0.1, 0.15) is 60.1 Å². The smallest absolute Gasteiger partial charge is 0.339 e. The maximum atomic E-state index is 13.0. The molecule has 0 radical (unpaired) electrons. The Bertz CT molecular complexity index is 955. The Balaban J connectivity index is 1.30. The zero-order chi connectivity index (χ0) is 19.8. The van der Waals surface area contributed by atoms with E-state index < -0.39 is 0 Å². The molecule has 29 heavy (non-hydrogen) atoms. The van der Waals surface area contributed by atoms with E-state index in [9.17, 15) is 9.59 Å². The Morgan fingerprint density at radius 2 is 1.86 bits per heavy atom. The summed E-state index contributed by atoms with van der Waals surface area (Å²) in [5.74, 6) is 0.964. The van der Waals surface area contributed by atoms with Crippen molar-refractivity contribution >= 4 is 22.8 Å². The first-order valence-electron chi connectivity index (χ1n) is 11.1. The SMILES string of the molecule is O=C(OCC(=O)N1CC[C@H]2CCCC[C@H]2C1)c1c2c(nc3ccccc13)CCC2. The third-order valence-corrected chi connectivity index (χ3v) is 7.09. The van der Waals surface area contributed by atoms with Crippen molar-refractivity contribution in [3.63, 3.8) is 0 Å². The van der Waals surface area contributed by atoms with Gasteiger partial charge in [-0.25, -0.2) is 4.79 Å². The summed E-state index contributed by atoms with van der Waals surface area (Å²) in [6, 6.07) is 7.71. The second kappa shape index (κ2) is 7.77. The number of rotatable bonds is 3. The molecule has 1 saturated carbocycles. The number of ether oxygens (including phenoxy) is 1. The van der Waals surface area contributed by atoms with Gasteiger partial charge >= 0.3 is 5.97 Å². The molecule has 5 nitrogen and oxygen atoms in total. The van der Waals surface area contributed by atoms with E-state index >= 15 is 0 Å². The number of esters is 1. The highest BCUT2D eigenvalue weighted by atomic mass is 16.5. The summed E-state index contributed by atoms with van der Waals surface area (Å²) in [4.78, 5) is 32.4. The molecule has 2 fully saturated rings. The minimum absolute atomic E-state index is 0.0580. The number of aromatic nitrogens is 1. The summed E-state index contributed by atoms with van der Waals surface area (Å²) in [7, 11) is 0. The summed E-state index contributed by atoms with van der Waals surface area (Å²) in [5.41, 5.74) is 3.44. The van der Waals surface area contributed by atoms with E-state index in [4.69, 9.17) is 9.72 Å². The van der Waals surface area contributed by atoms with Crippen LogP contribution in [0, 0.1) is 11.8 Å². The fourth-order valence-corrected chi connectivity index (χ4v) is 5.56. The predicted octanol–water partition coefficient (Wildman–Crippen LogP) is 3.92. The summed E-state index contributed by atoms with van der Waals surface area (Å²) in [6.45, 7) is 1.46. The first-order chi connectivity index (χ1) is 14.2. The monoisotopic (exact) mass is 392 g/mol. The number of para-hydroxylation sites is 1. The number of amides is 1. The van der Waals surface area contributed by atoms with Gasteiger partial charge in [-0.15, -0.1) is 0 Å². The molecule has 0 spiro atoms. The Morgan fingerprint density at radius 3 is 2.76 bits per heavy atom. The van der Waals surface area contributed by atoms with Crippen molar-refractivity contribution < 1.29 is 14.3 Å². The molecule has 1 saturated heterocycles. The van der Waals surface area contributed by atoms with Crippen LogP contribution in [0.3, 0.4) is 0 Å². The lowest BCUT2D eigenvalue weighted by Crippen LogP contribution is -2.46. The second-order valence-corrected chi connectivity index (χ2v) is 8.79. The first kappa shape index (κ1) is 18.6. The molecule has 152 valence electrons. The Morgan fingerprint density at radius 1 is 1.03 bits per heavy atom. The van der Waals surface area contributed by atoms with E-state index in [0.29, 0.717) is 11.5 Å². The molecule has 5 heteroatoms. The standard InChI is InChI=1S/C24H28N2O3/c27-22(26-13-12-16-6-1-2-7-17(16)14-26)15-29-24(28)23-18-8-3-4-10-20(18)25-21-11-5-9-19(21)23/h3-4,8,10,16-17H,1-2,5-7,9,11-15H2/t16-,17+/m1/s1. The summed E-state index contributed by atoms with van der Waals surface area (Å²) >= 11 is 0. The van der Waals surface area contributed by atoms with Gasteiger partial charge < -0.3 is 9.64 Å². The number of pyridine rings is 1. The third-order valence-electron chi connectivity index (χ3n) is 7.09. The lowest BCUT2D eigenvalue weighted by molar-refractivity contribution is -0.137. The fourth-order valence-electron chi connectivity index (χ4n) is 5.56. The van der Waals surface area contributed by atoms with Crippen molar-refractivity contribution in [3.8, 4) is 0 Å². The Labute approximate surface area is 171 Å². The van der Waals surface area contributed by atoms with E-state index in [-0.39, 0.29) is 18.5 Å². The average molecular weight is 392 g/mol. The molecule has 0 unspecified atom stereocenters. The van der Waals surface area contributed by atoms with Crippen molar-refractivity contribution in [1.29, 1.82) is 0 Å². The Hall–Kier alpha value is -2.43. The van der Waals surface area contributed by atoms with Gasteiger partial charge in [0, 0.05) is 24.2 Å². The lowest BCUT2D eigenvalue weighted by Gasteiger charge is -2.41. The molecular formula is C24H28N2O3. The first-order valence-corrected chi connectivity index (χ1v) is 11.1. The van der Waals surface area contributed by atoms with E-state index in [0.717, 1.165) is 66.9 Å². The van der Waals surface area contributed by atoms with Gasteiger partial charge in [-0.1, -0.05) is 37.5 Å². The van der Waals surface area contributed by atoms with Crippen LogP contribution in [0.5, 0.6) is 0 Å². The number of benzene rings is 1. The largest absolute Gasteiger partial charge is 0.452 e. The van der Waals surface area contributed by atoms with Gasteiger partial charge in [0.2, 0.25) is 0 Å². The number of hydrogen-bond donors (Lipinski definition) is 0. The highest BCUT2D eigenvalue weighted by molar-refractivity contribution is 6.05. The van der Waals surface area contributed by atoms with Gasteiger partial charge in [0.05, 0.1) is 11.1 Å². The number of carbonyl (C=O) groups excluding carboxylic acids is 2. The lowest BCUT2D eigenvalue weighted by atomic mass is 9.75. The maximum absolute atomic E-state index is 13.0. The summed E-state index contributed by atoms with van der Waals surface area (Å²) < 4.78 is 5.55. The summed E-state index contributed by atoms with van der Waals surface area (Å²) in [5, 5.41) is 0.827. The topological polar surface area (TPSA) is 59.5 Å². The van der Waals surface area contributed by atoms with Crippen LogP contribution >= 0.6 is 0 Å². The fraction of sp³-hybridized carbons (Fsp3) is 0.542. The molecule has 2 aliphatic carbocycles. The van der Waals surface area contributed by atoms with Crippen LogP contribution in [0.25, 0.3) is 10.9 Å². The number of piperidine rings is 1. The van der Waals surface area contributed by atoms with E-state index in [1.807, 2.05) is 29.2 Å². The number of fused-ring (bicyclic) bond motifs is 3. The minimum Gasteiger partial charge on any atom is -0.452 e. The van der Waals surface area contributed by atoms with Gasteiger partial charge in [-0.2, -0.15) is 0 Å². The zero-order valence-electron chi connectivity index (χ0n) is 16.9. The van der Waals surface area contributed by atoms with Crippen molar-refractivity contribution in [2.45, 2.75) is 51.4 Å². The van der Waals surface area contributed by atoms with Crippen molar-refractivity contribution in [2.24, 2.45) is 11.8 Å². The summed E-state index contributed by atoms with van der Waals surface area (Å²) in [6.07, 6.45) is 8.98. The zero-order valence-corrected chi connectivity index (χ0v) is 16.9. The van der Waals surface area contributed by atoms with Gasteiger partial charge in [0.15, 0.2) is 6.61 Å². The van der Waals surface area contributed by atoms with Gasteiger partial charge in [0.25, 0.3) is 5.91 Å². The van der Waals surface area contributed by atoms with Crippen LogP contribution in [0.2, 0.25) is 0 Å². The number of likely N-dealkylation sites (tertiary alicyclic amines) is 1. The molecule has 1 amide bonds. The molecule has 0 N–H and O–H groups in total. The number of aryl methyl sites for hydroxylation is 1. The Kier molecular flexibility index (Phi) is 4.98. The van der Waals surface area contributed by atoms with Crippen molar-refractivity contribution in [2.75, 3.05) is 19.7 Å². The highest BCUT2D eigenvalue weighted by Gasteiger charge is 2.33. The number of carbonyl (C=O) groups is 2. The predicted molar refractivity (Wildman–Crippen MR) is 111 cm³/mol. The van der Waals surface area contributed by atoms with E-state index in [1.54, 1.807) is 0 Å². The molecule has 2 atom stereocenters. The second-order valence-electron chi connectivity index (χ2n) is 8.79. The number of hydrogen-bond acceptors (Lipinski definition) is 4. The van der Waals surface area contributed by atoms with Crippen LogP contribution in [0.15, 0.2) is 24.3 Å². The number of nitrogens with zero attached hydrogens (tertiary/aromatic N) is 2. The highest BCUT2D eigenvalue weighted by Crippen LogP contribution is 2.36. The molecule has 0 bridgehead atoms. The molecule has 2 heterocycles. The van der Waals surface area contributed by atoms with Crippen LogP contribution in [0.4, 0.5) is 0 Å². The van der Waals surface area contributed by atoms with Crippen molar-refractivity contribution in [3.05, 3.63) is 41.1 Å². The van der Waals surface area contributed by atoms with Crippen LogP contribution < -0.4 is 0 Å². The van der Waals surface area contributed by atoms with Gasteiger partial charge in [-0.05, 0) is 55.6 Å². The molecule has 1 aromatic carbocycles. The molecule has 1 aliphatic heterocycles. The molecule has 5 rings (SSSR count). The van der Waals surface area contributed by atoms with Crippen LogP contribution in [-0.4, -0.2) is 41.5 Å². The van der Waals surface area contributed by atoms with Crippen molar-refractivity contribution in [1.82, 2.24) is 9.88 Å². The minimum atomic E-state index is -0.386. The molecule has 2 aromatic rings.